The molecule has 1 aromatic carbocycles. The molecule has 0 saturated carbocycles. The molecule has 0 spiro atoms. The zero-order valence-electron chi connectivity index (χ0n) is 12.0. The van der Waals surface area contributed by atoms with Crippen LogP contribution in [0, 0.1) is 30.1 Å². The number of amides is 4. The summed E-state index contributed by atoms with van der Waals surface area (Å²) in [7, 11) is 0. The van der Waals surface area contributed by atoms with Crippen LogP contribution in [0.5, 0.6) is 0 Å². The molecule has 1 fully saturated rings. The summed E-state index contributed by atoms with van der Waals surface area (Å²) in [6.07, 6.45) is 0. The third-order valence-electron chi connectivity index (χ3n) is 3.45. The summed E-state index contributed by atoms with van der Waals surface area (Å²) in [5.41, 5.74) is 1.35. The third kappa shape index (κ3) is 2.50. The Labute approximate surface area is 122 Å². The molecule has 1 aliphatic heterocycles. The lowest BCUT2D eigenvalue weighted by Crippen LogP contribution is -2.59. The minimum Gasteiger partial charge on any atom is -0.277 e. The molecule has 2 rings (SSSR count). The first kappa shape index (κ1) is 14.7. The van der Waals surface area contributed by atoms with Crippen LogP contribution in [-0.4, -0.2) is 17.8 Å². The number of nitrogens with one attached hydrogen (secondary N) is 1. The number of aryl methyl sites for hydroxylation is 1. The van der Waals surface area contributed by atoms with Crippen LogP contribution in [0.1, 0.15) is 25.0 Å². The van der Waals surface area contributed by atoms with Crippen molar-refractivity contribution >= 4 is 23.5 Å². The normalized spacial score (nSPS) is 18.7. The molecule has 0 bridgehead atoms. The van der Waals surface area contributed by atoms with Gasteiger partial charge in [-0.2, -0.15) is 5.26 Å². The maximum Gasteiger partial charge on any atom is 0.335 e. The van der Waals surface area contributed by atoms with Crippen LogP contribution in [0.4, 0.5) is 10.5 Å². The first-order chi connectivity index (χ1) is 9.86. The van der Waals surface area contributed by atoms with Crippen LogP contribution < -0.4 is 10.2 Å². The zero-order chi connectivity index (χ0) is 15.7. The Morgan fingerprint density at radius 1 is 1.29 bits per heavy atom. The fourth-order valence-corrected chi connectivity index (χ4v) is 2.33. The number of nitriles is 1. The van der Waals surface area contributed by atoms with E-state index in [-0.39, 0.29) is 5.92 Å². The van der Waals surface area contributed by atoms with Crippen LogP contribution in [0.15, 0.2) is 18.2 Å². The summed E-state index contributed by atoms with van der Waals surface area (Å²) < 4.78 is 0. The van der Waals surface area contributed by atoms with Crippen molar-refractivity contribution in [2.24, 2.45) is 11.8 Å². The highest BCUT2D eigenvalue weighted by Crippen LogP contribution is 2.27. The number of imide groups is 2. The lowest BCUT2D eigenvalue weighted by atomic mass is 9.91. The Hall–Kier alpha value is -2.68. The van der Waals surface area contributed by atoms with Crippen LogP contribution >= 0.6 is 0 Å². The Balaban J connectivity index is 2.52. The molecule has 6 heteroatoms. The molecule has 1 aliphatic rings. The number of barbiturate groups is 1. The predicted molar refractivity (Wildman–Crippen MR) is 75.2 cm³/mol. The maximum atomic E-state index is 12.5. The minimum atomic E-state index is -0.909. The Kier molecular flexibility index (Phi) is 3.76. The van der Waals surface area contributed by atoms with E-state index in [0.717, 1.165) is 4.90 Å². The van der Waals surface area contributed by atoms with E-state index in [1.54, 1.807) is 32.9 Å². The van der Waals surface area contributed by atoms with Gasteiger partial charge >= 0.3 is 6.03 Å². The number of hydrogen-bond acceptors (Lipinski definition) is 4. The molecule has 108 valence electrons. The van der Waals surface area contributed by atoms with E-state index in [1.165, 1.54) is 6.07 Å². The van der Waals surface area contributed by atoms with E-state index in [2.05, 4.69) is 5.32 Å². The summed E-state index contributed by atoms with van der Waals surface area (Å²) in [6.45, 7) is 5.22. The van der Waals surface area contributed by atoms with E-state index < -0.39 is 23.8 Å². The van der Waals surface area contributed by atoms with Gasteiger partial charge in [0.1, 0.15) is 5.92 Å². The second-order valence-electron chi connectivity index (χ2n) is 5.30. The summed E-state index contributed by atoms with van der Waals surface area (Å²) in [4.78, 5) is 37.3. The maximum absolute atomic E-state index is 12.5. The topological polar surface area (TPSA) is 90.3 Å². The average Bonchev–Trinajstić information content (AvgIpc) is 2.39. The van der Waals surface area contributed by atoms with Crippen molar-refractivity contribution < 1.29 is 14.4 Å². The van der Waals surface area contributed by atoms with Crippen molar-refractivity contribution in [3.63, 3.8) is 0 Å². The third-order valence-corrected chi connectivity index (χ3v) is 3.45. The van der Waals surface area contributed by atoms with E-state index in [0.29, 0.717) is 16.8 Å². The van der Waals surface area contributed by atoms with Gasteiger partial charge in [0.25, 0.3) is 0 Å². The predicted octanol–water partition coefficient (Wildman–Crippen LogP) is 1.72. The van der Waals surface area contributed by atoms with Gasteiger partial charge in [0, 0.05) is 0 Å². The van der Waals surface area contributed by atoms with Gasteiger partial charge in [-0.15, -0.1) is 0 Å². The highest BCUT2D eigenvalue weighted by molar-refractivity contribution is 6.28. The van der Waals surface area contributed by atoms with Crippen molar-refractivity contribution in [3.8, 4) is 6.07 Å². The first-order valence-electron chi connectivity index (χ1n) is 6.56. The molecule has 4 amide bonds. The monoisotopic (exact) mass is 285 g/mol. The average molecular weight is 285 g/mol. The summed E-state index contributed by atoms with van der Waals surface area (Å²) in [6, 6.07) is 5.93. The Morgan fingerprint density at radius 2 is 1.95 bits per heavy atom. The highest BCUT2D eigenvalue weighted by Gasteiger charge is 2.43. The van der Waals surface area contributed by atoms with Crippen molar-refractivity contribution in [1.82, 2.24) is 5.32 Å². The molecule has 1 aromatic rings. The number of carbonyl (C=O) groups excluding carboxylic acids is 3. The number of hydrogen-bond donors (Lipinski definition) is 1. The van der Waals surface area contributed by atoms with Gasteiger partial charge in [-0.3, -0.25) is 14.9 Å². The molecule has 1 saturated heterocycles. The van der Waals surface area contributed by atoms with Gasteiger partial charge in [0.05, 0.1) is 17.3 Å². The molecule has 21 heavy (non-hydrogen) atoms. The molecular weight excluding hydrogens is 270 g/mol. The van der Waals surface area contributed by atoms with Crippen molar-refractivity contribution in [3.05, 3.63) is 29.3 Å². The molecule has 0 aromatic heterocycles. The van der Waals surface area contributed by atoms with E-state index in [4.69, 9.17) is 5.26 Å². The molecule has 1 heterocycles. The van der Waals surface area contributed by atoms with Gasteiger partial charge in [-0.05, 0) is 30.5 Å². The van der Waals surface area contributed by atoms with Gasteiger partial charge in [-0.1, -0.05) is 19.9 Å². The van der Waals surface area contributed by atoms with Crippen molar-refractivity contribution in [1.29, 1.82) is 5.26 Å². The van der Waals surface area contributed by atoms with E-state index >= 15 is 0 Å². The SMILES string of the molecule is Cc1ccc(C#N)cc1N1C(=O)NC(=O)C(C(C)C)C1=O. The molecule has 6 nitrogen and oxygen atoms in total. The molecule has 1 atom stereocenters. The molecule has 1 unspecified atom stereocenters. The largest absolute Gasteiger partial charge is 0.335 e. The van der Waals surface area contributed by atoms with Gasteiger partial charge in [0.15, 0.2) is 0 Å². The van der Waals surface area contributed by atoms with E-state index in [1.807, 2.05) is 6.07 Å². The molecular formula is C15H15N3O3. The van der Waals surface area contributed by atoms with Crippen LogP contribution in [-0.2, 0) is 9.59 Å². The van der Waals surface area contributed by atoms with Crippen molar-refractivity contribution in [2.45, 2.75) is 20.8 Å². The molecule has 0 aliphatic carbocycles. The van der Waals surface area contributed by atoms with Crippen LogP contribution in [0.25, 0.3) is 0 Å². The van der Waals surface area contributed by atoms with Gasteiger partial charge in [-0.25, -0.2) is 9.69 Å². The summed E-state index contributed by atoms with van der Waals surface area (Å²) in [5.74, 6) is -2.28. The first-order valence-corrected chi connectivity index (χ1v) is 6.56. The smallest absolute Gasteiger partial charge is 0.277 e. The number of anilines is 1. The Morgan fingerprint density at radius 3 is 2.52 bits per heavy atom. The highest BCUT2D eigenvalue weighted by atomic mass is 16.2. The minimum absolute atomic E-state index is 0.229. The summed E-state index contributed by atoms with van der Waals surface area (Å²) >= 11 is 0. The quantitative estimate of drug-likeness (QED) is 0.838. The lowest BCUT2D eigenvalue weighted by molar-refractivity contribution is -0.136. The van der Waals surface area contributed by atoms with Crippen LogP contribution in [0.2, 0.25) is 0 Å². The molecule has 1 N–H and O–H groups in total. The number of carbonyl (C=O) groups is 3. The van der Waals surface area contributed by atoms with Gasteiger partial charge in [0.2, 0.25) is 11.8 Å². The standard InChI is InChI=1S/C15H15N3O3/c1-8(2)12-13(19)17-15(21)18(14(12)20)11-6-10(7-16)5-4-9(11)3/h4-6,8,12H,1-3H3,(H,17,19,21). The van der Waals surface area contributed by atoms with Crippen molar-refractivity contribution in [2.75, 3.05) is 4.90 Å². The Bertz CT molecular complexity index is 673. The number of urea groups is 1. The fourth-order valence-electron chi connectivity index (χ4n) is 2.33. The fraction of sp³-hybridized carbons (Fsp3) is 0.333. The van der Waals surface area contributed by atoms with Gasteiger partial charge < -0.3 is 0 Å². The second kappa shape index (κ2) is 5.37. The lowest BCUT2D eigenvalue weighted by Gasteiger charge is -2.32. The number of rotatable bonds is 2. The second-order valence-corrected chi connectivity index (χ2v) is 5.30. The number of benzene rings is 1. The zero-order valence-corrected chi connectivity index (χ0v) is 12.0. The number of nitrogens with zero attached hydrogens (tertiary/aromatic N) is 2. The summed E-state index contributed by atoms with van der Waals surface area (Å²) in [5, 5.41) is 11.2. The van der Waals surface area contributed by atoms with E-state index in [9.17, 15) is 14.4 Å². The van der Waals surface area contributed by atoms with Crippen LogP contribution in [0.3, 0.4) is 0 Å². The molecule has 0 radical (unpaired) electrons.